The van der Waals surface area contributed by atoms with Crippen LogP contribution in [0.2, 0.25) is 10.0 Å². The lowest BCUT2D eigenvalue weighted by atomic mass is 10.1. The summed E-state index contributed by atoms with van der Waals surface area (Å²) in [6.45, 7) is 0. The Hall–Kier alpha value is -3.71. The zero-order valence-corrected chi connectivity index (χ0v) is 18.2. The molecule has 0 atom stereocenters. The van der Waals surface area contributed by atoms with Gasteiger partial charge in [0.2, 0.25) is 0 Å². The molecule has 2 heterocycles. The lowest BCUT2D eigenvalue weighted by Gasteiger charge is -2.03. The Morgan fingerprint density at radius 2 is 2.03 bits per heavy atom. The van der Waals surface area contributed by atoms with Gasteiger partial charge in [-0.15, -0.1) is 11.3 Å². The Labute approximate surface area is 194 Å². The Kier molecular flexibility index (Phi) is 5.92. The number of nitrogens with zero attached hydrogens (tertiary/aromatic N) is 3. The van der Waals surface area contributed by atoms with Crippen molar-refractivity contribution in [2.75, 3.05) is 5.32 Å². The number of nitrogens with one attached hydrogen (secondary N) is 1. The van der Waals surface area contributed by atoms with Gasteiger partial charge in [0.15, 0.2) is 0 Å². The minimum absolute atomic E-state index is 0.126. The lowest BCUT2D eigenvalue weighted by molar-refractivity contribution is -0.384. The Bertz CT molecular complexity index is 1500. The van der Waals surface area contributed by atoms with Crippen molar-refractivity contribution in [1.82, 2.24) is 4.98 Å². The van der Waals surface area contributed by atoms with Gasteiger partial charge in [0.25, 0.3) is 5.69 Å². The topological polar surface area (TPSA) is 122 Å². The van der Waals surface area contributed by atoms with Crippen LogP contribution in [0.15, 0.2) is 63.3 Å². The number of anilines is 1. The summed E-state index contributed by atoms with van der Waals surface area (Å²) >= 11 is 13.1. The smallest absolute Gasteiger partial charge is 0.345 e. The first-order valence-electron chi connectivity index (χ1n) is 8.86. The number of hydrogen-bond acceptors (Lipinski definition) is 8. The van der Waals surface area contributed by atoms with Crippen LogP contribution in [0.5, 0.6) is 0 Å². The van der Waals surface area contributed by atoms with Gasteiger partial charge in [-0.1, -0.05) is 23.2 Å². The fourth-order valence-electron chi connectivity index (χ4n) is 2.81. The van der Waals surface area contributed by atoms with Crippen LogP contribution in [0.1, 0.15) is 5.01 Å². The van der Waals surface area contributed by atoms with E-state index in [4.69, 9.17) is 27.6 Å². The third-order valence-corrected chi connectivity index (χ3v) is 5.97. The quantitative estimate of drug-likeness (QED) is 0.157. The van der Waals surface area contributed by atoms with Gasteiger partial charge in [-0.25, -0.2) is 9.78 Å². The van der Waals surface area contributed by atoms with Crippen LogP contribution in [0.3, 0.4) is 0 Å². The Morgan fingerprint density at radius 1 is 1.22 bits per heavy atom. The van der Waals surface area contributed by atoms with Gasteiger partial charge in [0.05, 0.1) is 26.2 Å². The van der Waals surface area contributed by atoms with Crippen molar-refractivity contribution in [2.24, 2.45) is 0 Å². The van der Waals surface area contributed by atoms with Crippen LogP contribution in [0, 0.1) is 21.4 Å². The number of hydrogen-bond donors (Lipinski definition) is 1. The normalized spacial score (nSPS) is 11.3. The van der Waals surface area contributed by atoms with Crippen LogP contribution in [-0.4, -0.2) is 9.91 Å². The molecule has 2 aromatic carbocycles. The number of allylic oxidation sites excluding steroid dienone is 1. The summed E-state index contributed by atoms with van der Waals surface area (Å²) in [5.74, 6) is 0. The summed E-state index contributed by atoms with van der Waals surface area (Å²) in [5.41, 5.74) is 0.745. The zero-order valence-electron chi connectivity index (χ0n) is 15.8. The van der Waals surface area contributed by atoms with Gasteiger partial charge in [0, 0.05) is 34.8 Å². The molecule has 0 fully saturated rings. The highest BCUT2D eigenvalue weighted by Gasteiger charge is 2.15. The van der Waals surface area contributed by atoms with Crippen molar-refractivity contribution < 1.29 is 9.34 Å². The first-order valence-corrected chi connectivity index (χ1v) is 10.5. The molecule has 32 heavy (non-hydrogen) atoms. The number of non-ortho nitro benzene ring substituents is 1. The van der Waals surface area contributed by atoms with E-state index in [-0.39, 0.29) is 22.4 Å². The molecule has 11 heteroatoms. The Balaban J connectivity index is 1.67. The molecule has 0 spiro atoms. The van der Waals surface area contributed by atoms with Crippen LogP contribution in [-0.2, 0) is 0 Å². The molecule has 0 aliphatic rings. The highest BCUT2D eigenvalue weighted by atomic mass is 35.5. The highest BCUT2D eigenvalue weighted by Crippen LogP contribution is 2.29. The van der Waals surface area contributed by atoms with E-state index < -0.39 is 10.5 Å². The van der Waals surface area contributed by atoms with Gasteiger partial charge in [0.1, 0.15) is 22.2 Å². The van der Waals surface area contributed by atoms with Crippen molar-refractivity contribution >= 4 is 62.5 Å². The maximum absolute atomic E-state index is 12.4. The van der Waals surface area contributed by atoms with E-state index in [9.17, 15) is 20.2 Å². The average molecular weight is 485 g/mol. The predicted octanol–water partition coefficient (Wildman–Crippen LogP) is 6.11. The molecule has 0 saturated carbocycles. The SMILES string of the molecule is N#CC(=CNc1ccc(Cl)c(Cl)c1)c1nc(-c2cc3cc([N+](=O)[O-])ccc3oc2=O)cs1. The molecular formula is C21H10Cl2N4O4S. The minimum Gasteiger partial charge on any atom is -0.422 e. The molecule has 0 aliphatic heterocycles. The molecule has 8 nitrogen and oxygen atoms in total. The third kappa shape index (κ3) is 4.33. The van der Waals surface area contributed by atoms with Crippen molar-refractivity contribution in [3.05, 3.63) is 89.6 Å². The molecule has 0 aliphatic carbocycles. The number of nitriles is 1. The number of thiazole rings is 1. The van der Waals surface area contributed by atoms with Gasteiger partial charge in [-0.05, 0) is 30.3 Å². The van der Waals surface area contributed by atoms with E-state index in [2.05, 4.69) is 16.4 Å². The highest BCUT2D eigenvalue weighted by molar-refractivity contribution is 7.11. The first-order chi connectivity index (χ1) is 15.4. The molecular weight excluding hydrogens is 475 g/mol. The van der Waals surface area contributed by atoms with Crippen molar-refractivity contribution in [3.8, 4) is 17.3 Å². The number of halogens is 2. The monoisotopic (exact) mass is 484 g/mol. The average Bonchev–Trinajstić information content (AvgIpc) is 3.25. The fraction of sp³-hybridized carbons (Fsp3) is 0. The molecule has 0 saturated heterocycles. The Morgan fingerprint density at radius 3 is 2.75 bits per heavy atom. The first kappa shape index (κ1) is 21.5. The molecule has 4 rings (SSSR count). The largest absolute Gasteiger partial charge is 0.422 e. The molecule has 0 amide bonds. The number of nitro benzene ring substituents is 1. The van der Waals surface area contributed by atoms with Crippen LogP contribution >= 0.6 is 34.5 Å². The second kappa shape index (κ2) is 8.80. The second-order valence-electron chi connectivity index (χ2n) is 6.41. The summed E-state index contributed by atoms with van der Waals surface area (Å²) in [4.78, 5) is 27.3. The van der Waals surface area contributed by atoms with E-state index in [1.807, 2.05) is 0 Å². The summed E-state index contributed by atoms with van der Waals surface area (Å²) in [6.07, 6.45) is 1.47. The van der Waals surface area contributed by atoms with Crippen LogP contribution in [0.25, 0.3) is 27.8 Å². The standard InChI is InChI=1S/C21H10Cl2N4O4S/c22-16-3-1-13(7-17(16)23)25-9-12(8-24)20-26-18(10-32-20)15-6-11-5-14(27(29)30)2-4-19(11)31-21(15)28/h1-7,9-10,25H. The molecule has 2 aromatic heterocycles. The zero-order chi connectivity index (χ0) is 22.8. The van der Waals surface area contributed by atoms with Gasteiger partial charge < -0.3 is 9.73 Å². The molecule has 158 valence electrons. The van der Waals surface area contributed by atoms with Gasteiger partial charge >= 0.3 is 5.63 Å². The number of aromatic nitrogens is 1. The molecule has 1 N–H and O–H groups in total. The van der Waals surface area contributed by atoms with Gasteiger partial charge in [-0.2, -0.15) is 5.26 Å². The lowest BCUT2D eigenvalue weighted by Crippen LogP contribution is -2.03. The van der Waals surface area contributed by atoms with Gasteiger partial charge in [-0.3, -0.25) is 10.1 Å². The maximum Gasteiger partial charge on any atom is 0.345 e. The minimum atomic E-state index is -0.639. The van der Waals surface area contributed by atoms with E-state index >= 15 is 0 Å². The summed E-state index contributed by atoms with van der Waals surface area (Å²) in [7, 11) is 0. The second-order valence-corrected chi connectivity index (χ2v) is 8.08. The summed E-state index contributed by atoms with van der Waals surface area (Å²) in [5, 5.41) is 26.7. The fourth-order valence-corrected chi connectivity index (χ4v) is 3.89. The number of rotatable bonds is 5. The van der Waals surface area contributed by atoms with Crippen molar-refractivity contribution in [1.29, 1.82) is 5.26 Å². The molecule has 0 bridgehead atoms. The van der Waals surface area contributed by atoms with Crippen LogP contribution in [0.4, 0.5) is 11.4 Å². The van der Waals surface area contributed by atoms with E-state index in [1.165, 1.54) is 30.5 Å². The summed E-state index contributed by atoms with van der Waals surface area (Å²) in [6, 6.07) is 12.4. The molecule has 0 radical (unpaired) electrons. The molecule has 4 aromatic rings. The summed E-state index contributed by atoms with van der Waals surface area (Å²) < 4.78 is 5.28. The van der Waals surface area contributed by atoms with Crippen molar-refractivity contribution in [3.63, 3.8) is 0 Å². The van der Waals surface area contributed by atoms with E-state index in [0.717, 1.165) is 11.3 Å². The molecule has 0 unspecified atom stereocenters. The van der Waals surface area contributed by atoms with Crippen LogP contribution < -0.4 is 10.9 Å². The number of benzene rings is 2. The van der Waals surface area contributed by atoms with E-state index in [0.29, 0.717) is 31.8 Å². The van der Waals surface area contributed by atoms with E-state index in [1.54, 1.807) is 23.6 Å². The number of fused-ring (bicyclic) bond motifs is 1. The number of nitro groups is 1. The van der Waals surface area contributed by atoms with Crippen molar-refractivity contribution in [2.45, 2.75) is 0 Å². The third-order valence-electron chi connectivity index (χ3n) is 4.36. The predicted molar refractivity (Wildman–Crippen MR) is 124 cm³/mol. The maximum atomic E-state index is 12.4.